The van der Waals surface area contributed by atoms with Crippen LogP contribution in [-0.2, 0) is 11.3 Å². The van der Waals surface area contributed by atoms with Crippen molar-refractivity contribution in [3.05, 3.63) is 15.6 Å². The molecule has 1 fully saturated rings. The maximum Gasteiger partial charge on any atom is 0.123 e. The van der Waals surface area contributed by atoms with Gasteiger partial charge in [0.05, 0.1) is 12.3 Å². The van der Waals surface area contributed by atoms with E-state index in [4.69, 9.17) is 15.5 Å². The third-order valence-electron chi connectivity index (χ3n) is 3.44. The van der Waals surface area contributed by atoms with Gasteiger partial charge in [-0.15, -0.1) is 11.3 Å². The molecule has 1 aromatic heterocycles. The van der Waals surface area contributed by atoms with Crippen LogP contribution in [0, 0.1) is 0 Å². The molecule has 0 aromatic carbocycles. The minimum absolute atomic E-state index is 0.128. The summed E-state index contributed by atoms with van der Waals surface area (Å²) in [5.74, 6) is 0.430. The lowest BCUT2D eigenvalue weighted by Crippen LogP contribution is -2.38. The van der Waals surface area contributed by atoms with Crippen LogP contribution >= 0.6 is 11.3 Å². The number of thiazole rings is 1. The third-order valence-corrected chi connectivity index (χ3v) is 4.63. The number of nitrogens with zero attached hydrogens (tertiary/aromatic N) is 2. The first-order valence-corrected chi connectivity index (χ1v) is 8.00. The molecule has 1 aliphatic rings. The monoisotopic (exact) mass is 283 g/mol. The van der Waals surface area contributed by atoms with E-state index >= 15 is 0 Å². The van der Waals surface area contributed by atoms with Gasteiger partial charge in [-0.3, -0.25) is 4.90 Å². The lowest BCUT2D eigenvalue weighted by atomic mass is 10.1. The van der Waals surface area contributed by atoms with Crippen LogP contribution in [0.3, 0.4) is 0 Å². The van der Waals surface area contributed by atoms with Crippen LogP contribution in [0.25, 0.3) is 0 Å². The zero-order chi connectivity index (χ0) is 13.8. The first-order chi connectivity index (χ1) is 9.15. The fraction of sp³-hybridized carbons (Fsp3) is 0.786. The minimum Gasteiger partial charge on any atom is -0.368 e. The quantitative estimate of drug-likeness (QED) is 0.902. The topological polar surface area (TPSA) is 51.4 Å². The molecular formula is C14H25N3OS. The van der Waals surface area contributed by atoms with Crippen molar-refractivity contribution in [2.24, 2.45) is 5.73 Å². The van der Waals surface area contributed by atoms with Gasteiger partial charge in [-0.2, -0.15) is 0 Å². The Kier molecular flexibility index (Phi) is 5.33. The molecule has 0 radical (unpaired) electrons. The Morgan fingerprint density at radius 2 is 2.32 bits per heavy atom. The zero-order valence-electron chi connectivity index (χ0n) is 12.2. The molecule has 2 rings (SSSR count). The van der Waals surface area contributed by atoms with Gasteiger partial charge in [-0.25, -0.2) is 4.98 Å². The first-order valence-electron chi connectivity index (χ1n) is 7.19. The minimum atomic E-state index is 0.128. The SMILES string of the molecule is CCCN1CCOC(c2nc(C(C)C)c(CN)s2)C1. The van der Waals surface area contributed by atoms with E-state index in [1.165, 1.54) is 11.3 Å². The lowest BCUT2D eigenvalue weighted by molar-refractivity contribution is -0.0300. The highest BCUT2D eigenvalue weighted by molar-refractivity contribution is 7.11. The van der Waals surface area contributed by atoms with Crippen LogP contribution in [-0.4, -0.2) is 36.1 Å². The molecule has 0 amide bonds. The fourth-order valence-electron chi connectivity index (χ4n) is 2.49. The van der Waals surface area contributed by atoms with Gasteiger partial charge in [0, 0.05) is 24.5 Å². The molecular weight excluding hydrogens is 258 g/mol. The van der Waals surface area contributed by atoms with Crippen molar-refractivity contribution < 1.29 is 4.74 Å². The van der Waals surface area contributed by atoms with E-state index in [0.29, 0.717) is 12.5 Å². The third kappa shape index (κ3) is 3.54. The Bertz CT molecular complexity index is 403. The largest absolute Gasteiger partial charge is 0.368 e. The maximum absolute atomic E-state index is 5.90. The highest BCUT2D eigenvalue weighted by Crippen LogP contribution is 2.31. The van der Waals surface area contributed by atoms with Gasteiger partial charge in [0.15, 0.2) is 0 Å². The van der Waals surface area contributed by atoms with E-state index < -0.39 is 0 Å². The van der Waals surface area contributed by atoms with Gasteiger partial charge in [-0.05, 0) is 18.9 Å². The predicted octanol–water partition coefficient (Wildman–Crippen LogP) is 2.51. The molecule has 0 saturated carbocycles. The molecule has 2 heterocycles. The van der Waals surface area contributed by atoms with Gasteiger partial charge in [-0.1, -0.05) is 20.8 Å². The average Bonchev–Trinajstić information content (AvgIpc) is 2.84. The molecule has 0 bridgehead atoms. The van der Waals surface area contributed by atoms with E-state index in [2.05, 4.69) is 25.7 Å². The van der Waals surface area contributed by atoms with Crippen LogP contribution < -0.4 is 5.73 Å². The molecule has 1 saturated heterocycles. The summed E-state index contributed by atoms with van der Waals surface area (Å²) in [5, 5.41) is 1.10. The highest BCUT2D eigenvalue weighted by atomic mass is 32.1. The van der Waals surface area contributed by atoms with Crippen LogP contribution in [0.15, 0.2) is 0 Å². The summed E-state index contributed by atoms with van der Waals surface area (Å²) in [7, 11) is 0. The molecule has 1 aliphatic heterocycles. The lowest BCUT2D eigenvalue weighted by Gasteiger charge is -2.31. The van der Waals surface area contributed by atoms with Crippen LogP contribution in [0.4, 0.5) is 0 Å². The Morgan fingerprint density at radius 3 is 2.89 bits per heavy atom. The van der Waals surface area contributed by atoms with Crippen molar-refractivity contribution in [2.75, 3.05) is 26.2 Å². The summed E-state index contributed by atoms with van der Waals surface area (Å²) < 4.78 is 5.90. The second-order valence-electron chi connectivity index (χ2n) is 5.38. The normalized spacial score (nSPS) is 21.2. The van der Waals surface area contributed by atoms with E-state index in [9.17, 15) is 0 Å². The predicted molar refractivity (Wildman–Crippen MR) is 79.5 cm³/mol. The summed E-state index contributed by atoms with van der Waals surface area (Å²) in [6.45, 7) is 11.1. The number of rotatable bonds is 5. The fourth-order valence-corrected chi connectivity index (χ4v) is 3.63. The summed E-state index contributed by atoms with van der Waals surface area (Å²) in [6, 6.07) is 0. The van der Waals surface area contributed by atoms with Crippen molar-refractivity contribution in [3.63, 3.8) is 0 Å². The Hall–Kier alpha value is -0.490. The number of ether oxygens (including phenoxy) is 1. The first kappa shape index (κ1) is 14.9. The molecule has 4 nitrogen and oxygen atoms in total. The van der Waals surface area contributed by atoms with Gasteiger partial charge in [0.25, 0.3) is 0 Å². The van der Waals surface area contributed by atoms with E-state index in [0.717, 1.165) is 36.9 Å². The molecule has 2 N–H and O–H groups in total. The summed E-state index contributed by atoms with van der Waals surface area (Å²) >= 11 is 1.73. The highest BCUT2D eigenvalue weighted by Gasteiger charge is 2.25. The Labute approximate surface area is 120 Å². The van der Waals surface area contributed by atoms with Gasteiger partial charge in [0.2, 0.25) is 0 Å². The second kappa shape index (κ2) is 6.79. The smallest absolute Gasteiger partial charge is 0.123 e. The zero-order valence-corrected chi connectivity index (χ0v) is 13.0. The van der Waals surface area contributed by atoms with Crippen molar-refractivity contribution in [3.8, 4) is 0 Å². The number of morpholine rings is 1. The molecule has 108 valence electrons. The van der Waals surface area contributed by atoms with Crippen LogP contribution in [0.5, 0.6) is 0 Å². The van der Waals surface area contributed by atoms with Gasteiger partial charge < -0.3 is 10.5 Å². The number of hydrogen-bond donors (Lipinski definition) is 1. The molecule has 1 unspecified atom stereocenters. The van der Waals surface area contributed by atoms with E-state index in [1.807, 2.05) is 0 Å². The van der Waals surface area contributed by atoms with Gasteiger partial charge >= 0.3 is 0 Å². The standard InChI is InChI=1S/C14H25N3OS/c1-4-5-17-6-7-18-11(9-17)14-16-13(10(2)3)12(8-15)19-14/h10-11H,4-9,15H2,1-3H3. The van der Waals surface area contributed by atoms with E-state index in [-0.39, 0.29) is 6.10 Å². The van der Waals surface area contributed by atoms with Crippen molar-refractivity contribution in [1.29, 1.82) is 0 Å². The van der Waals surface area contributed by atoms with Crippen LogP contribution in [0.1, 0.15) is 54.8 Å². The summed E-state index contributed by atoms with van der Waals surface area (Å²) in [5.41, 5.74) is 6.98. The number of nitrogens with two attached hydrogens (primary N) is 1. The number of aromatic nitrogens is 1. The molecule has 1 atom stereocenters. The summed E-state index contributed by atoms with van der Waals surface area (Å²) in [6.07, 6.45) is 1.32. The molecule has 5 heteroatoms. The maximum atomic E-state index is 5.90. The molecule has 0 spiro atoms. The van der Waals surface area contributed by atoms with E-state index in [1.54, 1.807) is 11.3 Å². The summed E-state index contributed by atoms with van der Waals surface area (Å²) in [4.78, 5) is 8.46. The molecule has 1 aromatic rings. The van der Waals surface area contributed by atoms with Crippen LogP contribution in [0.2, 0.25) is 0 Å². The van der Waals surface area contributed by atoms with Crippen molar-refractivity contribution in [1.82, 2.24) is 9.88 Å². The Balaban J connectivity index is 2.12. The van der Waals surface area contributed by atoms with Crippen molar-refractivity contribution >= 4 is 11.3 Å². The molecule has 0 aliphatic carbocycles. The molecule has 19 heavy (non-hydrogen) atoms. The van der Waals surface area contributed by atoms with Crippen molar-refractivity contribution in [2.45, 2.75) is 45.8 Å². The average molecular weight is 283 g/mol. The van der Waals surface area contributed by atoms with Gasteiger partial charge in [0.1, 0.15) is 11.1 Å². The number of hydrogen-bond acceptors (Lipinski definition) is 5. The second-order valence-corrected chi connectivity index (χ2v) is 6.49. The Morgan fingerprint density at radius 1 is 1.53 bits per heavy atom.